The first kappa shape index (κ1) is 14.8. The summed E-state index contributed by atoms with van der Waals surface area (Å²) < 4.78 is 5.51. The summed E-state index contributed by atoms with van der Waals surface area (Å²) in [4.78, 5) is 0. The number of ether oxygens (including phenoxy) is 1. The van der Waals surface area contributed by atoms with Crippen molar-refractivity contribution in [2.45, 2.75) is 57.2 Å². The van der Waals surface area contributed by atoms with E-state index < -0.39 is 0 Å². The molecule has 1 aromatic rings. The van der Waals surface area contributed by atoms with Gasteiger partial charge < -0.3 is 10.1 Å². The third-order valence-corrected chi connectivity index (χ3v) is 4.27. The molecule has 1 fully saturated rings. The van der Waals surface area contributed by atoms with Crippen LogP contribution in [0.4, 0.5) is 0 Å². The van der Waals surface area contributed by atoms with Gasteiger partial charge in [-0.3, -0.25) is 0 Å². The lowest BCUT2D eigenvalue weighted by Gasteiger charge is -2.30. The van der Waals surface area contributed by atoms with E-state index in [-0.39, 0.29) is 11.1 Å². The van der Waals surface area contributed by atoms with Crippen LogP contribution in [0, 0.1) is 0 Å². The average Bonchev–Trinajstić information content (AvgIpc) is 3.10. The van der Waals surface area contributed by atoms with Crippen molar-refractivity contribution in [1.82, 2.24) is 5.32 Å². The molecule has 2 rings (SSSR count). The van der Waals surface area contributed by atoms with Crippen molar-refractivity contribution in [2.24, 2.45) is 0 Å². The molecule has 2 nitrogen and oxygen atoms in total. The molecule has 1 saturated carbocycles. The summed E-state index contributed by atoms with van der Waals surface area (Å²) in [6.45, 7) is 6.50. The molecule has 3 heteroatoms. The van der Waals surface area contributed by atoms with Crippen LogP contribution in [-0.4, -0.2) is 18.8 Å². The maximum atomic E-state index is 5.96. The Morgan fingerprint density at radius 1 is 1.32 bits per heavy atom. The van der Waals surface area contributed by atoms with Gasteiger partial charge in [-0.2, -0.15) is 0 Å². The maximum Gasteiger partial charge on any atom is 0.0637 e. The molecule has 0 aromatic heterocycles. The smallest absolute Gasteiger partial charge is 0.0637 e. The number of rotatable bonds is 6. The van der Waals surface area contributed by atoms with Gasteiger partial charge in [-0.1, -0.05) is 23.7 Å². The summed E-state index contributed by atoms with van der Waals surface area (Å²) in [5, 5.41) is 4.57. The van der Waals surface area contributed by atoms with Crippen LogP contribution in [0.5, 0.6) is 0 Å². The van der Waals surface area contributed by atoms with Crippen LogP contribution >= 0.6 is 11.6 Å². The Labute approximate surface area is 121 Å². The number of benzene rings is 1. The molecule has 1 N–H and O–H groups in total. The highest BCUT2D eigenvalue weighted by Crippen LogP contribution is 2.46. The average molecular weight is 282 g/mol. The topological polar surface area (TPSA) is 21.3 Å². The summed E-state index contributed by atoms with van der Waals surface area (Å²) in [5.74, 6) is 0. The summed E-state index contributed by atoms with van der Waals surface area (Å²) in [6, 6.07) is 8.64. The molecule has 106 valence electrons. The first-order valence-electron chi connectivity index (χ1n) is 6.96. The summed E-state index contributed by atoms with van der Waals surface area (Å²) >= 11 is 5.96. The Morgan fingerprint density at radius 3 is 2.37 bits per heavy atom. The van der Waals surface area contributed by atoms with Gasteiger partial charge in [-0.05, 0) is 57.7 Å². The van der Waals surface area contributed by atoms with Gasteiger partial charge in [0.2, 0.25) is 0 Å². The van der Waals surface area contributed by atoms with E-state index in [0.717, 1.165) is 11.4 Å². The van der Waals surface area contributed by atoms with Crippen LogP contribution < -0.4 is 5.32 Å². The monoisotopic (exact) mass is 281 g/mol. The van der Waals surface area contributed by atoms with E-state index in [2.05, 4.69) is 38.2 Å². The number of halogens is 1. The van der Waals surface area contributed by atoms with Gasteiger partial charge in [-0.15, -0.1) is 0 Å². The lowest BCUT2D eigenvalue weighted by Crippen LogP contribution is -2.41. The van der Waals surface area contributed by atoms with Crippen molar-refractivity contribution in [3.05, 3.63) is 34.9 Å². The highest BCUT2D eigenvalue weighted by molar-refractivity contribution is 6.30. The zero-order valence-electron chi connectivity index (χ0n) is 12.3. The van der Waals surface area contributed by atoms with Crippen LogP contribution in [0.1, 0.15) is 45.6 Å². The number of methoxy groups -OCH3 is 1. The number of hydrogen-bond acceptors (Lipinski definition) is 2. The van der Waals surface area contributed by atoms with Gasteiger partial charge in [0.25, 0.3) is 0 Å². The predicted molar refractivity (Wildman–Crippen MR) is 80.7 cm³/mol. The quantitative estimate of drug-likeness (QED) is 0.847. The Hall–Kier alpha value is -0.570. The number of hydrogen-bond donors (Lipinski definition) is 1. The highest BCUT2D eigenvalue weighted by Gasteiger charge is 2.45. The minimum atomic E-state index is -0.0809. The SMILES string of the molecule is COC(C)(C)C[C@H](C)NC1(c2ccc(Cl)cc2)CC1. The predicted octanol–water partition coefficient (Wildman–Crippen LogP) is 4.12. The molecule has 1 aromatic carbocycles. The van der Waals surface area contributed by atoms with E-state index in [1.165, 1.54) is 18.4 Å². The van der Waals surface area contributed by atoms with E-state index in [0.29, 0.717) is 6.04 Å². The van der Waals surface area contributed by atoms with Gasteiger partial charge in [0, 0.05) is 23.7 Å². The second-order valence-electron chi connectivity index (χ2n) is 6.30. The van der Waals surface area contributed by atoms with E-state index in [4.69, 9.17) is 16.3 Å². The zero-order valence-corrected chi connectivity index (χ0v) is 13.1. The molecule has 0 spiro atoms. The third kappa shape index (κ3) is 3.71. The molecule has 0 unspecified atom stereocenters. The standard InChI is InChI=1S/C16H24ClNO/c1-12(11-15(2,3)19-4)18-16(9-10-16)13-5-7-14(17)8-6-13/h5-8,12,18H,9-11H2,1-4H3/t12-/m0/s1. The van der Waals surface area contributed by atoms with E-state index in [1.807, 2.05) is 12.1 Å². The minimum Gasteiger partial charge on any atom is -0.379 e. The molecule has 0 bridgehead atoms. The van der Waals surface area contributed by atoms with Crippen LogP contribution in [0.15, 0.2) is 24.3 Å². The fourth-order valence-corrected chi connectivity index (χ4v) is 2.88. The first-order valence-corrected chi connectivity index (χ1v) is 7.34. The lowest BCUT2D eigenvalue weighted by atomic mass is 9.97. The first-order chi connectivity index (χ1) is 8.87. The van der Waals surface area contributed by atoms with Crippen molar-refractivity contribution in [3.8, 4) is 0 Å². The van der Waals surface area contributed by atoms with Crippen molar-refractivity contribution in [2.75, 3.05) is 7.11 Å². The molecular formula is C16H24ClNO. The van der Waals surface area contributed by atoms with Crippen molar-refractivity contribution in [1.29, 1.82) is 0 Å². The van der Waals surface area contributed by atoms with Crippen LogP contribution in [0.25, 0.3) is 0 Å². The molecule has 1 aliphatic carbocycles. The van der Waals surface area contributed by atoms with Crippen molar-refractivity contribution in [3.63, 3.8) is 0 Å². The second kappa shape index (κ2) is 5.43. The molecule has 0 saturated heterocycles. The van der Waals surface area contributed by atoms with Gasteiger partial charge >= 0.3 is 0 Å². The number of nitrogens with one attached hydrogen (secondary N) is 1. The van der Waals surface area contributed by atoms with E-state index in [9.17, 15) is 0 Å². The minimum absolute atomic E-state index is 0.0809. The molecular weight excluding hydrogens is 258 g/mol. The Kier molecular flexibility index (Phi) is 4.24. The van der Waals surface area contributed by atoms with Gasteiger partial charge in [0.15, 0.2) is 0 Å². The van der Waals surface area contributed by atoms with Crippen LogP contribution in [-0.2, 0) is 10.3 Å². The van der Waals surface area contributed by atoms with Gasteiger partial charge in [0.05, 0.1) is 5.60 Å². The van der Waals surface area contributed by atoms with Crippen molar-refractivity contribution >= 4 is 11.6 Å². The Bertz CT molecular complexity index is 423. The lowest BCUT2D eigenvalue weighted by molar-refractivity contribution is 0.00730. The third-order valence-electron chi connectivity index (χ3n) is 4.02. The molecule has 0 radical (unpaired) electrons. The summed E-state index contributed by atoms with van der Waals surface area (Å²) in [6.07, 6.45) is 3.40. The van der Waals surface area contributed by atoms with Crippen molar-refractivity contribution < 1.29 is 4.74 Å². The normalized spacial score (nSPS) is 19.2. The molecule has 19 heavy (non-hydrogen) atoms. The fourth-order valence-electron chi connectivity index (χ4n) is 2.75. The van der Waals surface area contributed by atoms with Gasteiger partial charge in [0.1, 0.15) is 0 Å². The summed E-state index contributed by atoms with van der Waals surface area (Å²) in [5.41, 5.74) is 1.43. The van der Waals surface area contributed by atoms with Crippen LogP contribution in [0.2, 0.25) is 5.02 Å². The molecule has 0 aliphatic heterocycles. The van der Waals surface area contributed by atoms with E-state index in [1.54, 1.807) is 7.11 Å². The van der Waals surface area contributed by atoms with Gasteiger partial charge in [-0.25, -0.2) is 0 Å². The largest absolute Gasteiger partial charge is 0.379 e. The van der Waals surface area contributed by atoms with Crippen LogP contribution in [0.3, 0.4) is 0 Å². The second-order valence-corrected chi connectivity index (χ2v) is 6.74. The molecule has 1 atom stereocenters. The maximum absolute atomic E-state index is 5.96. The molecule has 1 aliphatic rings. The Balaban J connectivity index is 2.00. The molecule has 0 amide bonds. The molecule has 0 heterocycles. The Morgan fingerprint density at radius 2 is 1.89 bits per heavy atom. The van der Waals surface area contributed by atoms with E-state index >= 15 is 0 Å². The summed E-state index contributed by atoms with van der Waals surface area (Å²) in [7, 11) is 1.78. The highest BCUT2D eigenvalue weighted by atomic mass is 35.5. The fraction of sp³-hybridized carbons (Fsp3) is 0.625. The zero-order chi connectivity index (χ0) is 14.1.